The molecule has 0 saturated carbocycles. The second kappa shape index (κ2) is 7.12. The third-order valence-electron chi connectivity index (χ3n) is 3.05. The van der Waals surface area contributed by atoms with E-state index in [2.05, 4.69) is 5.32 Å². The first kappa shape index (κ1) is 16.1. The summed E-state index contributed by atoms with van der Waals surface area (Å²) in [6.07, 6.45) is 0. The van der Waals surface area contributed by atoms with Gasteiger partial charge in [-0.15, -0.1) is 0 Å². The maximum Gasteiger partial charge on any atom is 0.139 e. The molecular weight excluding hydrogens is 312 g/mol. The lowest BCUT2D eigenvalue weighted by molar-refractivity contribution is 0.340. The van der Waals surface area contributed by atoms with Gasteiger partial charge < -0.3 is 10.1 Å². The zero-order valence-electron chi connectivity index (χ0n) is 11.8. The predicted molar refractivity (Wildman–Crippen MR) is 85.8 cm³/mol. The molecule has 2 rings (SSSR count). The van der Waals surface area contributed by atoms with Gasteiger partial charge in [-0.05, 0) is 43.3 Å². The molecule has 0 radical (unpaired) electrons. The third kappa shape index (κ3) is 3.67. The van der Waals surface area contributed by atoms with E-state index in [1.165, 1.54) is 12.1 Å². The van der Waals surface area contributed by atoms with Gasteiger partial charge >= 0.3 is 0 Å². The summed E-state index contributed by atoms with van der Waals surface area (Å²) >= 11 is 12.5. The zero-order chi connectivity index (χ0) is 15.4. The number of hydrogen-bond acceptors (Lipinski definition) is 2. The molecule has 21 heavy (non-hydrogen) atoms. The Balaban J connectivity index is 2.56. The Labute approximate surface area is 133 Å². The fourth-order valence-corrected chi connectivity index (χ4v) is 2.62. The van der Waals surface area contributed by atoms with Crippen molar-refractivity contribution in [2.45, 2.75) is 13.5 Å². The van der Waals surface area contributed by atoms with E-state index in [0.717, 1.165) is 11.1 Å². The van der Waals surface area contributed by atoms with Crippen molar-refractivity contribution in [2.75, 3.05) is 13.7 Å². The van der Waals surface area contributed by atoms with E-state index < -0.39 is 0 Å². The van der Waals surface area contributed by atoms with Crippen molar-refractivity contribution in [3.63, 3.8) is 0 Å². The Bertz CT molecular complexity index is 646. The standard InChI is InChI=1S/C16H16Cl2FNO/c1-3-21-16-8-14(17)13(7-15(16)18)12-6-11(19)5-4-10(12)9-20-2/h4-8,20H,3,9H2,1-2H3. The maximum absolute atomic E-state index is 13.6. The molecule has 2 aromatic carbocycles. The Morgan fingerprint density at radius 1 is 1.10 bits per heavy atom. The van der Waals surface area contributed by atoms with Gasteiger partial charge in [0.05, 0.1) is 16.7 Å². The van der Waals surface area contributed by atoms with Crippen LogP contribution in [0.15, 0.2) is 30.3 Å². The van der Waals surface area contributed by atoms with Gasteiger partial charge in [0.25, 0.3) is 0 Å². The molecule has 0 aliphatic heterocycles. The number of ether oxygens (including phenoxy) is 1. The number of hydrogen-bond donors (Lipinski definition) is 1. The molecule has 0 aliphatic carbocycles. The van der Waals surface area contributed by atoms with E-state index in [-0.39, 0.29) is 5.82 Å². The van der Waals surface area contributed by atoms with Crippen molar-refractivity contribution in [3.8, 4) is 16.9 Å². The van der Waals surface area contributed by atoms with Gasteiger partial charge in [-0.25, -0.2) is 4.39 Å². The molecule has 0 atom stereocenters. The molecule has 0 spiro atoms. The van der Waals surface area contributed by atoms with E-state index in [1.807, 2.05) is 14.0 Å². The summed E-state index contributed by atoms with van der Waals surface area (Å²) in [6, 6.07) is 8.01. The highest BCUT2D eigenvalue weighted by Crippen LogP contribution is 2.38. The maximum atomic E-state index is 13.6. The highest BCUT2D eigenvalue weighted by molar-refractivity contribution is 6.36. The molecule has 0 heterocycles. The molecule has 5 heteroatoms. The Morgan fingerprint density at radius 2 is 1.86 bits per heavy atom. The number of halogens is 3. The lowest BCUT2D eigenvalue weighted by Gasteiger charge is -2.14. The van der Waals surface area contributed by atoms with Crippen LogP contribution in [0, 0.1) is 5.82 Å². The van der Waals surface area contributed by atoms with Gasteiger partial charge in [0, 0.05) is 18.2 Å². The molecule has 2 aromatic rings. The van der Waals surface area contributed by atoms with Crippen molar-refractivity contribution < 1.29 is 9.13 Å². The molecule has 0 amide bonds. The summed E-state index contributed by atoms with van der Waals surface area (Å²) in [7, 11) is 1.83. The number of nitrogens with one attached hydrogen (secondary N) is 1. The van der Waals surface area contributed by atoms with Gasteiger partial charge in [0.2, 0.25) is 0 Å². The first-order valence-electron chi connectivity index (χ1n) is 6.62. The van der Waals surface area contributed by atoms with E-state index in [9.17, 15) is 4.39 Å². The van der Waals surface area contributed by atoms with Crippen LogP contribution in [0.5, 0.6) is 5.75 Å². The van der Waals surface area contributed by atoms with Crippen molar-refractivity contribution in [1.82, 2.24) is 5.32 Å². The second-order valence-electron chi connectivity index (χ2n) is 4.53. The molecule has 0 aromatic heterocycles. The molecule has 1 N–H and O–H groups in total. The molecule has 0 aliphatic rings. The molecular formula is C16H16Cl2FNO. The minimum Gasteiger partial charge on any atom is -0.492 e. The summed E-state index contributed by atoms with van der Waals surface area (Å²) in [5.41, 5.74) is 2.36. The normalized spacial score (nSPS) is 10.7. The van der Waals surface area contributed by atoms with Crippen molar-refractivity contribution in [3.05, 3.63) is 51.8 Å². The Kier molecular flexibility index (Phi) is 5.45. The lowest BCUT2D eigenvalue weighted by Crippen LogP contribution is -2.06. The molecule has 0 saturated heterocycles. The van der Waals surface area contributed by atoms with Crippen molar-refractivity contribution >= 4 is 23.2 Å². The summed E-state index contributed by atoms with van der Waals surface area (Å²) in [6.45, 7) is 2.98. The van der Waals surface area contributed by atoms with Crippen LogP contribution < -0.4 is 10.1 Å². The highest BCUT2D eigenvalue weighted by Gasteiger charge is 2.13. The first-order chi connectivity index (χ1) is 10.1. The van der Waals surface area contributed by atoms with Gasteiger partial charge in [-0.3, -0.25) is 0 Å². The van der Waals surface area contributed by atoms with E-state index in [4.69, 9.17) is 27.9 Å². The quantitative estimate of drug-likeness (QED) is 0.841. The first-order valence-corrected chi connectivity index (χ1v) is 7.37. The van der Waals surface area contributed by atoms with Gasteiger partial charge in [0.15, 0.2) is 0 Å². The molecule has 0 unspecified atom stereocenters. The topological polar surface area (TPSA) is 21.3 Å². The summed E-state index contributed by atoms with van der Waals surface area (Å²) in [5.74, 6) is 0.213. The van der Waals surface area contributed by atoms with Crippen molar-refractivity contribution in [2.24, 2.45) is 0 Å². The predicted octanol–water partition coefficient (Wildman–Crippen LogP) is 4.92. The summed E-state index contributed by atoms with van der Waals surface area (Å²) in [5, 5.41) is 3.99. The molecule has 0 bridgehead atoms. The summed E-state index contributed by atoms with van der Waals surface area (Å²) in [4.78, 5) is 0. The minimum absolute atomic E-state index is 0.314. The highest BCUT2D eigenvalue weighted by atomic mass is 35.5. The van der Waals surface area contributed by atoms with Crippen LogP contribution >= 0.6 is 23.2 Å². The largest absolute Gasteiger partial charge is 0.492 e. The van der Waals surface area contributed by atoms with E-state index in [0.29, 0.717) is 34.5 Å². The fraction of sp³-hybridized carbons (Fsp3) is 0.250. The Hall–Kier alpha value is -1.29. The molecule has 2 nitrogen and oxygen atoms in total. The fourth-order valence-electron chi connectivity index (χ4n) is 2.15. The average molecular weight is 328 g/mol. The smallest absolute Gasteiger partial charge is 0.139 e. The van der Waals surface area contributed by atoms with Crippen LogP contribution in [-0.4, -0.2) is 13.7 Å². The van der Waals surface area contributed by atoms with Crippen LogP contribution in [0.25, 0.3) is 11.1 Å². The molecule has 112 valence electrons. The third-order valence-corrected chi connectivity index (χ3v) is 3.66. The van der Waals surface area contributed by atoms with E-state index >= 15 is 0 Å². The summed E-state index contributed by atoms with van der Waals surface area (Å²) < 4.78 is 19.0. The number of rotatable bonds is 5. The van der Waals surface area contributed by atoms with Crippen LogP contribution in [0.4, 0.5) is 4.39 Å². The van der Waals surface area contributed by atoms with Crippen molar-refractivity contribution in [1.29, 1.82) is 0 Å². The van der Waals surface area contributed by atoms with Gasteiger partial charge in [-0.1, -0.05) is 29.3 Å². The van der Waals surface area contributed by atoms with Gasteiger partial charge in [0.1, 0.15) is 11.6 Å². The molecule has 0 fully saturated rings. The van der Waals surface area contributed by atoms with Crippen LogP contribution in [-0.2, 0) is 6.54 Å². The van der Waals surface area contributed by atoms with Gasteiger partial charge in [-0.2, -0.15) is 0 Å². The van der Waals surface area contributed by atoms with Crippen LogP contribution in [0.1, 0.15) is 12.5 Å². The van der Waals surface area contributed by atoms with Crippen LogP contribution in [0.3, 0.4) is 0 Å². The SMILES string of the molecule is CCOc1cc(Cl)c(-c2cc(F)ccc2CNC)cc1Cl. The second-order valence-corrected chi connectivity index (χ2v) is 5.34. The number of benzene rings is 2. The average Bonchev–Trinajstić information content (AvgIpc) is 2.45. The monoisotopic (exact) mass is 327 g/mol. The lowest BCUT2D eigenvalue weighted by atomic mass is 9.99. The van der Waals surface area contributed by atoms with Crippen LogP contribution in [0.2, 0.25) is 10.0 Å². The van der Waals surface area contributed by atoms with E-state index in [1.54, 1.807) is 18.2 Å². The zero-order valence-corrected chi connectivity index (χ0v) is 13.4. The minimum atomic E-state index is -0.314. The Morgan fingerprint density at radius 3 is 2.52 bits per heavy atom.